The predicted octanol–water partition coefficient (Wildman–Crippen LogP) is 4.27. The number of rotatable bonds is 6. The zero-order valence-electron chi connectivity index (χ0n) is 13.6. The average molecular weight is 343 g/mol. The Morgan fingerprint density at radius 2 is 1.96 bits per heavy atom. The van der Waals surface area contributed by atoms with Gasteiger partial charge in [0.15, 0.2) is 5.16 Å². The summed E-state index contributed by atoms with van der Waals surface area (Å²) in [6.45, 7) is 2.04. The molecule has 1 aromatic heterocycles. The van der Waals surface area contributed by atoms with Crippen molar-refractivity contribution >= 4 is 11.8 Å². The average Bonchev–Trinajstić information content (AvgIpc) is 3.03. The number of ether oxygens (including phenoxy) is 1. The summed E-state index contributed by atoms with van der Waals surface area (Å²) in [4.78, 5) is 0. The third-order valence-corrected chi connectivity index (χ3v) is 4.59. The summed E-state index contributed by atoms with van der Waals surface area (Å²) in [6, 6.07) is 14.4. The topological polar surface area (TPSA) is 39.9 Å². The fourth-order valence-corrected chi connectivity index (χ4v) is 3.32. The highest BCUT2D eigenvalue weighted by atomic mass is 32.2. The maximum Gasteiger partial charge on any atom is 0.196 e. The largest absolute Gasteiger partial charge is 0.497 e. The third kappa shape index (κ3) is 3.59. The van der Waals surface area contributed by atoms with Crippen LogP contribution >= 0.6 is 11.8 Å². The molecule has 0 unspecified atom stereocenters. The molecule has 24 heavy (non-hydrogen) atoms. The van der Waals surface area contributed by atoms with Gasteiger partial charge in [-0.25, -0.2) is 4.39 Å². The maximum atomic E-state index is 13.3. The lowest BCUT2D eigenvalue weighted by atomic mass is 10.2. The molecule has 4 nitrogen and oxygen atoms in total. The molecule has 0 N–H and O–H groups in total. The van der Waals surface area contributed by atoms with Crippen molar-refractivity contribution in [3.8, 4) is 11.4 Å². The lowest BCUT2D eigenvalue weighted by Crippen LogP contribution is -2.02. The molecule has 0 fully saturated rings. The van der Waals surface area contributed by atoms with Crippen molar-refractivity contribution < 1.29 is 9.13 Å². The van der Waals surface area contributed by atoms with Gasteiger partial charge in [-0.15, -0.1) is 10.2 Å². The van der Waals surface area contributed by atoms with Gasteiger partial charge in [0.1, 0.15) is 17.4 Å². The molecule has 6 heteroatoms. The van der Waals surface area contributed by atoms with E-state index in [0.717, 1.165) is 34.4 Å². The second-order valence-electron chi connectivity index (χ2n) is 5.21. The number of methoxy groups -OCH3 is 1. The Hall–Kier alpha value is -2.34. The van der Waals surface area contributed by atoms with Crippen LogP contribution in [-0.2, 0) is 12.2 Å². The summed E-state index contributed by atoms with van der Waals surface area (Å²) >= 11 is 1.54. The second kappa shape index (κ2) is 7.49. The zero-order chi connectivity index (χ0) is 16.9. The van der Waals surface area contributed by atoms with E-state index in [9.17, 15) is 4.39 Å². The molecule has 0 saturated carbocycles. The van der Waals surface area contributed by atoms with Gasteiger partial charge >= 0.3 is 0 Å². The Labute approximate surface area is 144 Å². The zero-order valence-corrected chi connectivity index (χ0v) is 14.4. The van der Waals surface area contributed by atoms with Crippen LogP contribution in [0.4, 0.5) is 4.39 Å². The first-order valence-electron chi connectivity index (χ1n) is 7.67. The number of hydrogen-bond donors (Lipinski definition) is 0. The van der Waals surface area contributed by atoms with Gasteiger partial charge in [0.05, 0.1) is 12.8 Å². The number of thioether (sulfide) groups is 1. The maximum absolute atomic E-state index is 13.3. The van der Waals surface area contributed by atoms with Crippen LogP contribution in [0.15, 0.2) is 53.7 Å². The van der Waals surface area contributed by atoms with Gasteiger partial charge in [0.25, 0.3) is 0 Å². The number of benzene rings is 2. The van der Waals surface area contributed by atoms with Crippen molar-refractivity contribution in [2.45, 2.75) is 24.3 Å². The summed E-state index contributed by atoms with van der Waals surface area (Å²) in [5.41, 5.74) is 1.87. The Bertz CT molecular complexity index is 835. The van der Waals surface area contributed by atoms with Crippen molar-refractivity contribution in [1.29, 1.82) is 0 Å². The molecule has 0 spiro atoms. The predicted molar refractivity (Wildman–Crippen MR) is 93.3 cm³/mol. The van der Waals surface area contributed by atoms with Gasteiger partial charge in [-0.1, -0.05) is 36.9 Å². The van der Waals surface area contributed by atoms with E-state index in [-0.39, 0.29) is 5.82 Å². The molecule has 2 aromatic carbocycles. The highest BCUT2D eigenvalue weighted by molar-refractivity contribution is 7.98. The van der Waals surface area contributed by atoms with Gasteiger partial charge in [-0.2, -0.15) is 0 Å². The van der Waals surface area contributed by atoms with Crippen molar-refractivity contribution in [3.63, 3.8) is 0 Å². The van der Waals surface area contributed by atoms with E-state index < -0.39 is 0 Å². The van der Waals surface area contributed by atoms with Gasteiger partial charge in [0.2, 0.25) is 0 Å². The normalized spacial score (nSPS) is 10.8. The molecular formula is C18H18FN3OS. The Morgan fingerprint density at radius 3 is 2.71 bits per heavy atom. The monoisotopic (exact) mass is 343 g/mol. The molecule has 1 heterocycles. The number of aryl methyl sites for hydroxylation is 1. The highest BCUT2D eigenvalue weighted by Gasteiger charge is 2.14. The van der Waals surface area contributed by atoms with Crippen molar-refractivity contribution in [2.75, 3.05) is 7.11 Å². The van der Waals surface area contributed by atoms with Gasteiger partial charge in [0, 0.05) is 18.2 Å². The number of aromatic nitrogens is 3. The first kappa shape index (κ1) is 16.5. The molecule has 0 amide bonds. The van der Waals surface area contributed by atoms with E-state index in [2.05, 4.69) is 10.2 Å². The van der Waals surface area contributed by atoms with Crippen LogP contribution in [0.1, 0.15) is 18.3 Å². The number of hydrogen-bond acceptors (Lipinski definition) is 4. The Balaban J connectivity index is 1.90. The number of halogens is 1. The molecule has 124 valence electrons. The summed E-state index contributed by atoms with van der Waals surface area (Å²) in [5, 5.41) is 9.35. The minimum Gasteiger partial charge on any atom is -0.497 e. The lowest BCUT2D eigenvalue weighted by molar-refractivity contribution is 0.414. The molecule has 0 aliphatic carbocycles. The van der Waals surface area contributed by atoms with E-state index in [1.807, 2.05) is 41.8 Å². The van der Waals surface area contributed by atoms with Gasteiger partial charge < -0.3 is 4.74 Å². The SMILES string of the molecule is CCc1nnc(SCc2cccc(F)c2)n1-c1cccc(OC)c1. The first-order valence-corrected chi connectivity index (χ1v) is 8.65. The highest BCUT2D eigenvalue weighted by Crippen LogP contribution is 2.27. The van der Waals surface area contributed by atoms with E-state index >= 15 is 0 Å². The molecule has 0 atom stereocenters. The molecule has 0 saturated heterocycles. The standard InChI is InChI=1S/C18H18FN3OS/c1-3-17-20-21-18(24-12-13-6-4-7-14(19)10-13)22(17)15-8-5-9-16(11-15)23-2/h4-11H,3,12H2,1-2H3. The van der Waals surface area contributed by atoms with Gasteiger partial charge in [-0.05, 0) is 29.8 Å². The van der Waals surface area contributed by atoms with Crippen LogP contribution in [0.25, 0.3) is 5.69 Å². The van der Waals surface area contributed by atoms with E-state index in [1.165, 1.54) is 17.8 Å². The number of nitrogens with zero attached hydrogens (tertiary/aromatic N) is 3. The molecule has 3 rings (SSSR count). The summed E-state index contributed by atoms with van der Waals surface area (Å²) in [7, 11) is 1.64. The third-order valence-electron chi connectivity index (χ3n) is 3.59. The fourth-order valence-electron chi connectivity index (χ4n) is 2.41. The van der Waals surface area contributed by atoms with Gasteiger partial charge in [-0.3, -0.25) is 4.57 Å². The van der Waals surface area contributed by atoms with Crippen LogP contribution in [0.2, 0.25) is 0 Å². The van der Waals surface area contributed by atoms with Crippen molar-refractivity contribution in [2.24, 2.45) is 0 Å². The molecule has 3 aromatic rings. The van der Waals surface area contributed by atoms with E-state index in [4.69, 9.17) is 4.74 Å². The smallest absolute Gasteiger partial charge is 0.196 e. The summed E-state index contributed by atoms with van der Waals surface area (Å²) in [6.07, 6.45) is 0.769. The van der Waals surface area contributed by atoms with Crippen LogP contribution in [0.3, 0.4) is 0 Å². The Morgan fingerprint density at radius 1 is 1.12 bits per heavy atom. The molecule has 0 radical (unpaired) electrons. The first-order chi connectivity index (χ1) is 11.7. The molecule has 0 aliphatic heterocycles. The van der Waals surface area contributed by atoms with E-state index in [1.54, 1.807) is 19.2 Å². The van der Waals surface area contributed by atoms with Crippen LogP contribution in [0.5, 0.6) is 5.75 Å². The summed E-state index contributed by atoms with van der Waals surface area (Å²) in [5.74, 6) is 2.06. The van der Waals surface area contributed by atoms with Crippen LogP contribution in [-0.4, -0.2) is 21.9 Å². The quantitative estimate of drug-likeness (QED) is 0.627. The lowest BCUT2D eigenvalue weighted by Gasteiger charge is -2.10. The van der Waals surface area contributed by atoms with Crippen LogP contribution in [0, 0.1) is 5.82 Å². The van der Waals surface area contributed by atoms with Crippen molar-refractivity contribution in [3.05, 3.63) is 65.7 Å². The molecular weight excluding hydrogens is 325 g/mol. The molecule has 0 aliphatic rings. The van der Waals surface area contributed by atoms with Crippen LogP contribution < -0.4 is 4.74 Å². The Kier molecular flexibility index (Phi) is 5.15. The fraction of sp³-hybridized carbons (Fsp3) is 0.222. The van der Waals surface area contributed by atoms with Crippen molar-refractivity contribution in [1.82, 2.24) is 14.8 Å². The van der Waals surface area contributed by atoms with E-state index in [0.29, 0.717) is 5.75 Å². The molecule has 0 bridgehead atoms. The second-order valence-corrected chi connectivity index (χ2v) is 6.15. The summed E-state index contributed by atoms with van der Waals surface area (Å²) < 4.78 is 20.6. The minimum absolute atomic E-state index is 0.225. The minimum atomic E-state index is -0.225.